The van der Waals surface area contributed by atoms with E-state index in [9.17, 15) is 0 Å². The summed E-state index contributed by atoms with van der Waals surface area (Å²) in [6.45, 7) is 10.2. The lowest BCUT2D eigenvalue weighted by molar-refractivity contribution is 0.298. The summed E-state index contributed by atoms with van der Waals surface area (Å²) in [7, 11) is 0. The number of hydrogen-bond donors (Lipinski definition) is 1. The molecule has 0 heterocycles. The maximum atomic E-state index is 3.51. The fourth-order valence-corrected chi connectivity index (χ4v) is 2.46. The Bertz CT molecular complexity index is 324. The molecule has 0 aliphatic rings. The van der Waals surface area contributed by atoms with Crippen LogP contribution in [-0.4, -0.2) is 37.6 Å². The van der Waals surface area contributed by atoms with Crippen LogP contribution >= 0.6 is 15.9 Å². The van der Waals surface area contributed by atoms with Crippen LogP contribution in [0, 0.1) is 0 Å². The predicted molar refractivity (Wildman–Crippen MR) is 83.1 cm³/mol. The minimum atomic E-state index is 1.06. The van der Waals surface area contributed by atoms with Crippen molar-refractivity contribution < 1.29 is 0 Å². The van der Waals surface area contributed by atoms with Crippen LogP contribution in [0.3, 0.4) is 0 Å². The fraction of sp³-hybridized carbons (Fsp3) is 0.600. The second-order valence-electron chi connectivity index (χ2n) is 4.51. The Balaban J connectivity index is 2.05. The lowest BCUT2D eigenvalue weighted by atomic mass is 10.1. The van der Waals surface area contributed by atoms with Crippen LogP contribution in [0.25, 0.3) is 0 Å². The standard InChI is InChI=1S/C15H25BrN2/c1-3-18(4-2)12-6-10-17-11-9-14-7-5-8-15(16)13-14/h5,7-8,13,17H,3-4,6,9-12H2,1-2H3. The molecule has 18 heavy (non-hydrogen) atoms. The number of hydrogen-bond acceptors (Lipinski definition) is 2. The van der Waals surface area contributed by atoms with Crippen molar-refractivity contribution >= 4 is 15.9 Å². The SMILES string of the molecule is CCN(CC)CCCNCCc1cccc(Br)c1. The van der Waals surface area contributed by atoms with E-state index < -0.39 is 0 Å². The first kappa shape index (κ1) is 15.7. The molecule has 0 aliphatic heterocycles. The highest BCUT2D eigenvalue weighted by Crippen LogP contribution is 2.11. The molecule has 1 N–H and O–H groups in total. The molecule has 1 aromatic rings. The Kier molecular flexibility index (Phi) is 8.31. The van der Waals surface area contributed by atoms with Gasteiger partial charge in [-0.2, -0.15) is 0 Å². The minimum Gasteiger partial charge on any atom is -0.316 e. The second-order valence-corrected chi connectivity index (χ2v) is 5.43. The molecule has 0 bridgehead atoms. The average Bonchev–Trinajstić information content (AvgIpc) is 2.38. The quantitative estimate of drug-likeness (QED) is 0.704. The van der Waals surface area contributed by atoms with Crippen molar-refractivity contribution in [3.63, 3.8) is 0 Å². The van der Waals surface area contributed by atoms with Gasteiger partial charge in [-0.05, 0) is 63.3 Å². The van der Waals surface area contributed by atoms with Gasteiger partial charge in [0.1, 0.15) is 0 Å². The van der Waals surface area contributed by atoms with E-state index in [4.69, 9.17) is 0 Å². The molecule has 3 heteroatoms. The molecule has 0 aliphatic carbocycles. The molecule has 0 aromatic heterocycles. The lowest BCUT2D eigenvalue weighted by Crippen LogP contribution is -2.27. The molecule has 1 aromatic carbocycles. The Labute approximate surface area is 120 Å². The maximum Gasteiger partial charge on any atom is 0.0178 e. The van der Waals surface area contributed by atoms with Crippen LogP contribution in [0.15, 0.2) is 28.7 Å². The van der Waals surface area contributed by atoms with Crippen LogP contribution in [0.2, 0.25) is 0 Å². The van der Waals surface area contributed by atoms with Crippen molar-refractivity contribution in [1.29, 1.82) is 0 Å². The smallest absolute Gasteiger partial charge is 0.0178 e. The summed E-state index contributed by atoms with van der Waals surface area (Å²) in [4.78, 5) is 2.47. The van der Waals surface area contributed by atoms with Crippen LogP contribution in [0.5, 0.6) is 0 Å². The Morgan fingerprint density at radius 1 is 1.17 bits per heavy atom. The van der Waals surface area contributed by atoms with Gasteiger partial charge in [-0.1, -0.05) is 41.9 Å². The van der Waals surface area contributed by atoms with Crippen molar-refractivity contribution in [3.05, 3.63) is 34.3 Å². The topological polar surface area (TPSA) is 15.3 Å². The summed E-state index contributed by atoms with van der Waals surface area (Å²) in [5, 5.41) is 3.51. The normalized spacial score (nSPS) is 11.1. The van der Waals surface area contributed by atoms with Gasteiger partial charge < -0.3 is 10.2 Å². The molecule has 1 rings (SSSR count). The zero-order valence-electron chi connectivity index (χ0n) is 11.6. The molecule has 2 nitrogen and oxygen atoms in total. The predicted octanol–water partition coefficient (Wildman–Crippen LogP) is 3.31. The Morgan fingerprint density at radius 3 is 2.61 bits per heavy atom. The summed E-state index contributed by atoms with van der Waals surface area (Å²) in [6, 6.07) is 8.54. The molecule has 0 fully saturated rings. The fourth-order valence-electron chi connectivity index (χ4n) is 2.02. The number of nitrogens with one attached hydrogen (secondary N) is 1. The maximum absolute atomic E-state index is 3.51. The highest BCUT2D eigenvalue weighted by Gasteiger charge is 1.98. The second kappa shape index (κ2) is 9.54. The molecule has 0 amide bonds. The van der Waals surface area contributed by atoms with Crippen LogP contribution in [0.4, 0.5) is 0 Å². The van der Waals surface area contributed by atoms with Gasteiger partial charge in [0.2, 0.25) is 0 Å². The zero-order chi connectivity index (χ0) is 13.2. The molecule has 102 valence electrons. The van der Waals surface area contributed by atoms with E-state index >= 15 is 0 Å². The molecule has 0 atom stereocenters. The van der Waals surface area contributed by atoms with Crippen LogP contribution in [-0.2, 0) is 6.42 Å². The molecule has 0 radical (unpaired) electrons. The molecule has 0 unspecified atom stereocenters. The van der Waals surface area contributed by atoms with Gasteiger partial charge >= 0.3 is 0 Å². The lowest BCUT2D eigenvalue weighted by Gasteiger charge is -2.17. The van der Waals surface area contributed by atoms with Crippen molar-refractivity contribution in [2.45, 2.75) is 26.7 Å². The van der Waals surface area contributed by atoms with E-state index in [0.717, 1.165) is 32.6 Å². The third-order valence-electron chi connectivity index (χ3n) is 3.20. The average molecular weight is 313 g/mol. The van der Waals surface area contributed by atoms with Crippen LogP contribution in [0.1, 0.15) is 25.8 Å². The Hall–Kier alpha value is -0.380. The van der Waals surface area contributed by atoms with Crippen molar-refractivity contribution in [2.75, 3.05) is 32.7 Å². The van der Waals surface area contributed by atoms with Gasteiger partial charge in [0.15, 0.2) is 0 Å². The first-order valence-electron chi connectivity index (χ1n) is 6.93. The van der Waals surface area contributed by atoms with Gasteiger partial charge in [-0.15, -0.1) is 0 Å². The molecular weight excluding hydrogens is 288 g/mol. The van der Waals surface area contributed by atoms with Crippen molar-refractivity contribution in [3.8, 4) is 0 Å². The molecule has 0 saturated heterocycles. The van der Waals surface area contributed by atoms with Gasteiger partial charge in [0.25, 0.3) is 0 Å². The summed E-state index contributed by atoms with van der Waals surface area (Å²) < 4.78 is 1.17. The molecule has 0 spiro atoms. The van der Waals surface area contributed by atoms with E-state index in [1.807, 2.05) is 0 Å². The summed E-state index contributed by atoms with van der Waals surface area (Å²) in [5.74, 6) is 0. The van der Waals surface area contributed by atoms with Gasteiger partial charge in [0, 0.05) is 4.47 Å². The molecule has 0 saturated carbocycles. The van der Waals surface area contributed by atoms with E-state index in [1.165, 1.54) is 23.0 Å². The number of rotatable bonds is 9. The highest BCUT2D eigenvalue weighted by atomic mass is 79.9. The van der Waals surface area contributed by atoms with E-state index in [0.29, 0.717) is 0 Å². The van der Waals surface area contributed by atoms with E-state index in [2.05, 4.69) is 64.3 Å². The third kappa shape index (κ3) is 6.53. The minimum absolute atomic E-state index is 1.06. The highest BCUT2D eigenvalue weighted by molar-refractivity contribution is 9.10. The van der Waals surface area contributed by atoms with Gasteiger partial charge in [-0.25, -0.2) is 0 Å². The van der Waals surface area contributed by atoms with Gasteiger partial charge in [0.05, 0.1) is 0 Å². The molecular formula is C15H25BrN2. The number of halogens is 1. The van der Waals surface area contributed by atoms with Crippen LogP contribution < -0.4 is 5.32 Å². The summed E-state index contributed by atoms with van der Waals surface area (Å²) in [5.41, 5.74) is 1.39. The first-order valence-corrected chi connectivity index (χ1v) is 7.73. The first-order chi connectivity index (χ1) is 8.76. The van der Waals surface area contributed by atoms with Gasteiger partial charge in [-0.3, -0.25) is 0 Å². The third-order valence-corrected chi connectivity index (χ3v) is 3.70. The largest absolute Gasteiger partial charge is 0.316 e. The van der Waals surface area contributed by atoms with E-state index in [-0.39, 0.29) is 0 Å². The number of benzene rings is 1. The monoisotopic (exact) mass is 312 g/mol. The summed E-state index contributed by atoms with van der Waals surface area (Å²) in [6.07, 6.45) is 2.34. The zero-order valence-corrected chi connectivity index (χ0v) is 13.2. The number of nitrogens with zero attached hydrogens (tertiary/aromatic N) is 1. The van der Waals surface area contributed by atoms with Crippen molar-refractivity contribution in [1.82, 2.24) is 10.2 Å². The van der Waals surface area contributed by atoms with E-state index in [1.54, 1.807) is 0 Å². The van der Waals surface area contributed by atoms with Crippen molar-refractivity contribution in [2.24, 2.45) is 0 Å². The Morgan fingerprint density at radius 2 is 1.94 bits per heavy atom. The summed E-state index contributed by atoms with van der Waals surface area (Å²) >= 11 is 3.50.